The van der Waals surface area contributed by atoms with Gasteiger partial charge in [-0.2, -0.15) is 0 Å². The molecule has 1 atom stereocenters. The molecule has 4 heteroatoms. The van der Waals surface area contributed by atoms with Gasteiger partial charge < -0.3 is 20.3 Å². The molecule has 1 aliphatic rings. The van der Waals surface area contributed by atoms with Gasteiger partial charge >= 0.3 is 0 Å². The van der Waals surface area contributed by atoms with Crippen molar-refractivity contribution in [1.29, 1.82) is 0 Å². The molecule has 1 aliphatic heterocycles. The van der Waals surface area contributed by atoms with Gasteiger partial charge in [0.15, 0.2) is 11.5 Å². The van der Waals surface area contributed by atoms with Gasteiger partial charge in [-0.15, -0.1) is 0 Å². The predicted octanol–water partition coefficient (Wildman–Crippen LogP) is 0.758. The van der Waals surface area contributed by atoms with E-state index >= 15 is 0 Å². The van der Waals surface area contributed by atoms with Crippen LogP contribution in [0.5, 0.6) is 11.5 Å². The van der Waals surface area contributed by atoms with Crippen LogP contribution in [0.2, 0.25) is 0 Å². The van der Waals surface area contributed by atoms with Crippen molar-refractivity contribution in [2.45, 2.75) is 13.0 Å². The number of aliphatic hydroxyl groups is 1. The summed E-state index contributed by atoms with van der Waals surface area (Å²) < 4.78 is 11.0. The molecule has 1 heterocycles. The van der Waals surface area contributed by atoms with E-state index in [1.165, 1.54) is 0 Å². The Morgan fingerprint density at radius 1 is 1.40 bits per heavy atom. The van der Waals surface area contributed by atoms with Crippen LogP contribution < -0.4 is 15.2 Å². The Balaban J connectivity index is 2.50. The normalized spacial score (nSPS) is 16.2. The van der Waals surface area contributed by atoms with Crippen LogP contribution in [0.4, 0.5) is 0 Å². The fraction of sp³-hybridized carbons (Fsp3) is 0.455. The summed E-state index contributed by atoms with van der Waals surface area (Å²) in [5.41, 5.74) is 7.17. The van der Waals surface area contributed by atoms with Gasteiger partial charge in [-0.3, -0.25) is 0 Å². The van der Waals surface area contributed by atoms with Crippen molar-refractivity contribution in [3.63, 3.8) is 0 Å². The fourth-order valence-electron chi connectivity index (χ4n) is 1.77. The lowest BCUT2D eigenvalue weighted by Crippen LogP contribution is -2.20. The highest BCUT2D eigenvalue weighted by Crippen LogP contribution is 2.38. The number of aliphatic hydroxyl groups excluding tert-OH is 1. The minimum Gasteiger partial charge on any atom is -0.486 e. The third-order valence-electron chi connectivity index (χ3n) is 2.52. The number of hydrogen-bond donors (Lipinski definition) is 2. The number of aryl methyl sites for hydroxylation is 1. The molecule has 1 aromatic carbocycles. The molecule has 0 spiro atoms. The second-order valence-corrected chi connectivity index (χ2v) is 3.57. The zero-order valence-corrected chi connectivity index (χ0v) is 8.69. The first-order valence-electron chi connectivity index (χ1n) is 5.01. The molecule has 0 aliphatic carbocycles. The van der Waals surface area contributed by atoms with E-state index < -0.39 is 6.10 Å². The van der Waals surface area contributed by atoms with Crippen molar-refractivity contribution in [2.75, 3.05) is 19.8 Å². The second-order valence-electron chi connectivity index (χ2n) is 3.57. The monoisotopic (exact) mass is 209 g/mol. The van der Waals surface area contributed by atoms with Crippen molar-refractivity contribution < 1.29 is 14.6 Å². The van der Waals surface area contributed by atoms with Gasteiger partial charge in [-0.1, -0.05) is 6.07 Å². The van der Waals surface area contributed by atoms with Gasteiger partial charge in [0, 0.05) is 12.1 Å². The maximum Gasteiger partial charge on any atom is 0.167 e. The summed E-state index contributed by atoms with van der Waals surface area (Å²) in [6, 6.07) is 3.76. The summed E-state index contributed by atoms with van der Waals surface area (Å²) in [7, 11) is 0. The number of rotatable bonds is 2. The molecule has 15 heavy (non-hydrogen) atoms. The number of nitrogens with two attached hydrogens (primary N) is 1. The number of benzene rings is 1. The van der Waals surface area contributed by atoms with Crippen molar-refractivity contribution >= 4 is 0 Å². The molecule has 3 N–H and O–H groups in total. The van der Waals surface area contributed by atoms with Crippen LogP contribution in [0.3, 0.4) is 0 Å². The fourth-order valence-corrected chi connectivity index (χ4v) is 1.77. The quantitative estimate of drug-likeness (QED) is 0.754. The van der Waals surface area contributed by atoms with Gasteiger partial charge in [0.25, 0.3) is 0 Å². The topological polar surface area (TPSA) is 64.7 Å². The average molecular weight is 209 g/mol. The standard InChI is InChI=1S/C11H15NO3/c1-7-2-3-9-11(15-5-4-14-9)10(7)8(13)6-12/h2-3,8,13H,4-6,12H2,1H3. The lowest BCUT2D eigenvalue weighted by Gasteiger charge is -2.24. The summed E-state index contributed by atoms with van der Waals surface area (Å²) in [6.45, 7) is 3.17. The maximum absolute atomic E-state index is 9.81. The highest BCUT2D eigenvalue weighted by molar-refractivity contribution is 5.52. The zero-order valence-electron chi connectivity index (χ0n) is 8.69. The van der Waals surface area contributed by atoms with E-state index in [0.717, 1.165) is 11.1 Å². The molecule has 82 valence electrons. The summed E-state index contributed by atoms with van der Waals surface area (Å²) in [6.07, 6.45) is -0.693. The van der Waals surface area contributed by atoms with Crippen LogP contribution in [0.25, 0.3) is 0 Å². The van der Waals surface area contributed by atoms with Crippen LogP contribution in [0.15, 0.2) is 12.1 Å². The highest BCUT2D eigenvalue weighted by Gasteiger charge is 2.21. The molecule has 0 aromatic heterocycles. The Bertz CT molecular complexity index is 365. The molecule has 4 nitrogen and oxygen atoms in total. The molecule has 1 unspecified atom stereocenters. The Kier molecular flexibility index (Phi) is 2.79. The molecule has 0 saturated heterocycles. The predicted molar refractivity (Wildman–Crippen MR) is 56.2 cm³/mol. The second kappa shape index (κ2) is 4.08. The minimum atomic E-state index is -0.693. The summed E-state index contributed by atoms with van der Waals surface area (Å²) in [5, 5.41) is 9.81. The summed E-state index contributed by atoms with van der Waals surface area (Å²) >= 11 is 0. The van der Waals surface area contributed by atoms with E-state index in [4.69, 9.17) is 15.2 Å². The third kappa shape index (κ3) is 1.78. The summed E-state index contributed by atoms with van der Waals surface area (Å²) in [4.78, 5) is 0. The van der Waals surface area contributed by atoms with Crippen molar-refractivity contribution in [3.05, 3.63) is 23.3 Å². The molecular weight excluding hydrogens is 194 g/mol. The van der Waals surface area contributed by atoms with Crippen LogP contribution in [0, 0.1) is 6.92 Å². The molecule has 0 saturated carbocycles. The maximum atomic E-state index is 9.81. The van der Waals surface area contributed by atoms with E-state index in [2.05, 4.69) is 0 Å². The van der Waals surface area contributed by atoms with E-state index in [1.54, 1.807) is 0 Å². The van der Waals surface area contributed by atoms with Crippen LogP contribution >= 0.6 is 0 Å². The number of fused-ring (bicyclic) bond motifs is 1. The van der Waals surface area contributed by atoms with Crippen molar-refractivity contribution in [3.8, 4) is 11.5 Å². The van der Waals surface area contributed by atoms with Crippen molar-refractivity contribution in [1.82, 2.24) is 0 Å². The van der Waals surface area contributed by atoms with Gasteiger partial charge in [0.1, 0.15) is 13.2 Å². The lowest BCUT2D eigenvalue weighted by molar-refractivity contribution is 0.149. The van der Waals surface area contributed by atoms with E-state index in [9.17, 15) is 5.11 Å². The van der Waals surface area contributed by atoms with Gasteiger partial charge in [-0.05, 0) is 18.6 Å². The first-order chi connectivity index (χ1) is 7.24. The van der Waals surface area contributed by atoms with E-state index in [0.29, 0.717) is 24.7 Å². The van der Waals surface area contributed by atoms with Gasteiger partial charge in [0.05, 0.1) is 6.10 Å². The lowest BCUT2D eigenvalue weighted by atomic mass is 10.0. The Morgan fingerprint density at radius 3 is 2.87 bits per heavy atom. The average Bonchev–Trinajstić information content (AvgIpc) is 2.28. The first kappa shape index (κ1) is 10.3. The van der Waals surface area contributed by atoms with Gasteiger partial charge in [0.2, 0.25) is 0 Å². The van der Waals surface area contributed by atoms with Crippen molar-refractivity contribution in [2.24, 2.45) is 5.73 Å². The smallest absolute Gasteiger partial charge is 0.167 e. The molecule has 0 amide bonds. The van der Waals surface area contributed by atoms with Gasteiger partial charge in [-0.25, -0.2) is 0 Å². The minimum absolute atomic E-state index is 0.181. The molecule has 0 bridgehead atoms. The first-order valence-corrected chi connectivity index (χ1v) is 5.01. The highest BCUT2D eigenvalue weighted by atomic mass is 16.6. The number of ether oxygens (including phenoxy) is 2. The van der Waals surface area contributed by atoms with Crippen LogP contribution in [0.1, 0.15) is 17.2 Å². The largest absolute Gasteiger partial charge is 0.486 e. The number of hydrogen-bond acceptors (Lipinski definition) is 4. The molecule has 1 aromatic rings. The van der Waals surface area contributed by atoms with E-state index in [1.807, 2.05) is 19.1 Å². The van der Waals surface area contributed by atoms with E-state index in [-0.39, 0.29) is 6.54 Å². The SMILES string of the molecule is Cc1ccc2c(c1C(O)CN)OCCO2. The molecule has 0 radical (unpaired) electrons. The molecule has 2 rings (SSSR count). The van der Waals surface area contributed by atoms with Crippen LogP contribution in [-0.2, 0) is 0 Å². The molecule has 0 fully saturated rings. The summed E-state index contributed by atoms with van der Waals surface area (Å²) in [5.74, 6) is 1.33. The third-order valence-corrected chi connectivity index (χ3v) is 2.52. The Hall–Kier alpha value is -1.26. The van der Waals surface area contributed by atoms with Crippen LogP contribution in [-0.4, -0.2) is 24.9 Å². The molecular formula is C11H15NO3. The Morgan fingerprint density at radius 2 is 2.13 bits per heavy atom. The Labute approximate surface area is 88.6 Å². The zero-order chi connectivity index (χ0) is 10.8.